The van der Waals surface area contributed by atoms with Gasteiger partial charge in [0.2, 0.25) is 11.8 Å². The minimum atomic E-state index is 0.519. The summed E-state index contributed by atoms with van der Waals surface area (Å²) >= 11 is 0. The summed E-state index contributed by atoms with van der Waals surface area (Å²) in [4.78, 5) is 0. The van der Waals surface area contributed by atoms with E-state index in [1.807, 2.05) is 18.2 Å². The first kappa shape index (κ1) is 13.9. The highest BCUT2D eigenvalue weighted by molar-refractivity contribution is 5.59. The number of hydrogen-bond donors (Lipinski definition) is 1. The van der Waals surface area contributed by atoms with Crippen molar-refractivity contribution >= 4 is 0 Å². The van der Waals surface area contributed by atoms with Crippen molar-refractivity contribution in [1.29, 1.82) is 0 Å². The van der Waals surface area contributed by atoms with E-state index >= 15 is 0 Å². The molecule has 0 amide bonds. The molecule has 2 heterocycles. The molecule has 1 aromatic carbocycles. The van der Waals surface area contributed by atoms with Crippen molar-refractivity contribution in [2.75, 3.05) is 26.3 Å². The lowest BCUT2D eigenvalue weighted by Crippen LogP contribution is -2.15. The molecule has 1 aromatic heterocycles. The Morgan fingerprint density at radius 2 is 2.00 bits per heavy atom. The molecule has 0 fully saturated rings. The number of aromatic nitrogens is 2. The number of hydrogen-bond acceptors (Lipinski definition) is 6. The number of nitrogens with zero attached hydrogens (tertiary/aromatic N) is 2. The van der Waals surface area contributed by atoms with E-state index in [0.717, 1.165) is 43.0 Å². The van der Waals surface area contributed by atoms with Gasteiger partial charge in [0.15, 0.2) is 11.5 Å². The average molecular weight is 289 g/mol. The summed E-state index contributed by atoms with van der Waals surface area (Å²) in [5, 5.41) is 11.5. The highest BCUT2D eigenvalue weighted by atomic mass is 16.6. The van der Waals surface area contributed by atoms with Gasteiger partial charge in [0, 0.05) is 12.0 Å². The van der Waals surface area contributed by atoms with E-state index in [4.69, 9.17) is 13.9 Å². The molecule has 112 valence electrons. The lowest BCUT2D eigenvalue weighted by atomic mass is 10.2. The zero-order valence-corrected chi connectivity index (χ0v) is 12.1. The lowest BCUT2D eigenvalue weighted by molar-refractivity contribution is 0.171. The molecule has 21 heavy (non-hydrogen) atoms. The molecule has 1 aliphatic heterocycles. The van der Waals surface area contributed by atoms with E-state index in [1.165, 1.54) is 0 Å². The molecule has 0 aliphatic carbocycles. The predicted molar refractivity (Wildman–Crippen MR) is 77.6 cm³/mol. The van der Waals surface area contributed by atoms with Gasteiger partial charge in [-0.25, -0.2) is 0 Å². The lowest BCUT2D eigenvalue weighted by Gasteiger charge is -2.18. The van der Waals surface area contributed by atoms with E-state index in [-0.39, 0.29) is 0 Å². The van der Waals surface area contributed by atoms with Gasteiger partial charge < -0.3 is 19.2 Å². The average Bonchev–Trinajstić information content (AvgIpc) is 3.00. The molecule has 6 nitrogen and oxygen atoms in total. The van der Waals surface area contributed by atoms with Crippen LogP contribution < -0.4 is 14.8 Å². The molecule has 0 unspecified atom stereocenters. The molecule has 0 radical (unpaired) electrons. The van der Waals surface area contributed by atoms with Crippen LogP contribution in [-0.4, -0.2) is 36.5 Å². The molecule has 0 atom stereocenters. The first-order valence-electron chi connectivity index (χ1n) is 7.30. The second kappa shape index (κ2) is 6.58. The van der Waals surface area contributed by atoms with Gasteiger partial charge in [0.1, 0.15) is 13.2 Å². The van der Waals surface area contributed by atoms with E-state index in [0.29, 0.717) is 25.0 Å². The molecule has 1 aliphatic rings. The van der Waals surface area contributed by atoms with Gasteiger partial charge in [-0.15, -0.1) is 10.2 Å². The zero-order chi connectivity index (χ0) is 14.5. The highest BCUT2D eigenvalue weighted by Gasteiger charge is 2.15. The quantitative estimate of drug-likeness (QED) is 0.821. The third-order valence-corrected chi connectivity index (χ3v) is 3.25. The fourth-order valence-electron chi connectivity index (χ4n) is 2.19. The summed E-state index contributed by atoms with van der Waals surface area (Å²) in [6, 6.07) is 5.66. The van der Waals surface area contributed by atoms with Crippen LogP contribution in [0.3, 0.4) is 0 Å². The summed E-state index contributed by atoms with van der Waals surface area (Å²) in [5.41, 5.74) is 0.852. The van der Waals surface area contributed by atoms with E-state index < -0.39 is 0 Å². The molecule has 6 heteroatoms. The van der Waals surface area contributed by atoms with Gasteiger partial charge in [-0.05, 0) is 37.7 Å². The van der Waals surface area contributed by atoms with Crippen molar-refractivity contribution < 1.29 is 13.9 Å². The van der Waals surface area contributed by atoms with Crippen LogP contribution in [0.2, 0.25) is 0 Å². The van der Waals surface area contributed by atoms with Crippen molar-refractivity contribution in [3.63, 3.8) is 0 Å². The molecule has 0 spiro atoms. The molecule has 3 rings (SSSR count). The minimum Gasteiger partial charge on any atom is -0.486 e. The van der Waals surface area contributed by atoms with Crippen LogP contribution in [0.4, 0.5) is 0 Å². The van der Waals surface area contributed by atoms with Crippen LogP contribution in [-0.2, 0) is 6.42 Å². The third kappa shape index (κ3) is 3.33. The Labute approximate surface area is 123 Å². The van der Waals surface area contributed by atoms with Crippen LogP contribution in [0, 0.1) is 0 Å². The summed E-state index contributed by atoms with van der Waals surface area (Å²) < 4.78 is 16.8. The molecular weight excluding hydrogens is 270 g/mol. The van der Waals surface area contributed by atoms with Crippen molar-refractivity contribution in [3.05, 3.63) is 24.1 Å². The Morgan fingerprint density at radius 3 is 2.86 bits per heavy atom. The van der Waals surface area contributed by atoms with Crippen molar-refractivity contribution in [3.8, 4) is 23.0 Å². The first-order chi connectivity index (χ1) is 10.4. The predicted octanol–water partition coefficient (Wildman–Crippen LogP) is 2.05. The monoisotopic (exact) mass is 289 g/mol. The summed E-state index contributed by atoms with van der Waals surface area (Å²) in [7, 11) is 0. The van der Waals surface area contributed by atoms with Crippen molar-refractivity contribution in [2.24, 2.45) is 0 Å². The van der Waals surface area contributed by atoms with Crippen LogP contribution >= 0.6 is 0 Å². The molecular formula is C15H19N3O3. The Balaban J connectivity index is 1.68. The molecule has 0 bridgehead atoms. The fourth-order valence-corrected chi connectivity index (χ4v) is 2.19. The topological polar surface area (TPSA) is 69.4 Å². The maximum atomic E-state index is 5.69. The van der Waals surface area contributed by atoms with Gasteiger partial charge in [0.25, 0.3) is 0 Å². The van der Waals surface area contributed by atoms with Gasteiger partial charge in [-0.3, -0.25) is 0 Å². The highest BCUT2D eigenvalue weighted by Crippen LogP contribution is 2.34. The maximum absolute atomic E-state index is 5.69. The number of benzene rings is 1. The van der Waals surface area contributed by atoms with Crippen LogP contribution in [0.25, 0.3) is 11.5 Å². The van der Waals surface area contributed by atoms with Crippen LogP contribution in [0.5, 0.6) is 11.5 Å². The fraction of sp³-hybridized carbons (Fsp3) is 0.467. The third-order valence-electron chi connectivity index (χ3n) is 3.25. The standard InChI is InChI=1S/C15H19N3O3/c1-2-16-7-3-4-14-17-18-15(21-14)11-5-6-12-13(10-11)20-9-8-19-12/h5-6,10,16H,2-4,7-9H2,1H3. The van der Waals surface area contributed by atoms with Crippen molar-refractivity contribution in [1.82, 2.24) is 15.5 Å². The zero-order valence-electron chi connectivity index (χ0n) is 12.1. The Hall–Kier alpha value is -2.08. The van der Waals surface area contributed by atoms with Crippen LogP contribution in [0.1, 0.15) is 19.2 Å². The Morgan fingerprint density at radius 1 is 1.14 bits per heavy atom. The van der Waals surface area contributed by atoms with E-state index in [9.17, 15) is 0 Å². The number of ether oxygens (including phenoxy) is 2. The summed E-state index contributed by atoms with van der Waals surface area (Å²) in [6.07, 6.45) is 1.77. The van der Waals surface area contributed by atoms with Crippen molar-refractivity contribution in [2.45, 2.75) is 19.8 Å². The molecule has 2 aromatic rings. The Kier molecular flexibility index (Phi) is 4.35. The van der Waals surface area contributed by atoms with Gasteiger partial charge in [0.05, 0.1) is 0 Å². The SMILES string of the molecule is CCNCCCc1nnc(-c2ccc3c(c2)OCCO3)o1. The van der Waals surface area contributed by atoms with Crippen LogP contribution in [0.15, 0.2) is 22.6 Å². The number of aryl methyl sites for hydroxylation is 1. The molecule has 0 saturated heterocycles. The maximum Gasteiger partial charge on any atom is 0.247 e. The van der Waals surface area contributed by atoms with Gasteiger partial charge >= 0.3 is 0 Å². The van der Waals surface area contributed by atoms with Gasteiger partial charge in [-0.1, -0.05) is 6.92 Å². The van der Waals surface area contributed by atoms with E-state index in [1.54, 1.807) is 0 Å². The van der Waals surface area contributed by atoms with E-state index in [2.05, 4.69) is 22.4 Å². The Bertz CT molecular complexity index is 598. The molecule has 1 N–H and O–H groups in total. The first-order valence-corrected chi connectivity index (χ1v) is 7.30. The second-order valence-corrected chi connectivity index (χ2v) is 4.82. The summed E-state index contributed by atoms with van der Waals surface area (Å²) in [6.45, 7) is 5.18. The number of nitrogens with one attached hydrogen (secondary N) is 1. The normalized spacial score (nSPS) is 13.4. The summed E-state index contributed by atoms with van der Waals surface area (Å²) in [5.74, 6) is 2.67. The number of fused-ring (bicyclic) bond motifs is 1. The number of rotatable bonds is 6. The minimum absolute atomic E-state index is 0.519. The van der Waals surface area contributed by atoms with Gasteiger partial charge in [-0.2, -0.15) is 0 Å². The molecule has 0 saturated carbocycles. The smallest absolute Gasteiger partial charge is 0.247 e. The largest absolute Gasteiger partial charge is 0.486 e. The second-order valence-electron chi connectivity index (χ2n) is 4.82.